The van der Waals surface area contributed by atoms with Gasteiger partial charge in [-0.15, -0.1) is 0 Å². The maximum atomic E-state index is 12.5. The smallest absolute Gasteiger partial charge is 0.450 e. The van der Waals surface area contributed by atoms with E-state index < -0.39 is 17.0 Å². The number of nitrogens with one attached hydrogen (secondary N) is 2. The van der Waals surface area contributed by atoms with E-state index in [0.29, 0.717) is 22.6 Å². The lowest BCUT2D eigenvalue weighted by atomic mass is 9.95. The highest BCUT2D eigenvalue weighted by Crippen LogP contribution is 2.18. The van der Waals surface area contributed by atoms with Gasteiger partial charge in [0.1, 0.15) is 0 Å². The number of amides is 1. The molecule has 0 aromatic heterocycles. The molecular formula is C20H30N2O5S. The van der Waals surface area contributed by atoms with Crippen LogP contribution in [0.5, 0.6) is 0 Å². The summed E-state index contributed by atoms with van der Waals surface area (Å²) >= 11 is 0. The van der Waals surface area contributed by atoms with Crippen LogP contribution in [0.2, 0.25) is 0 Å². The molecule has 8 heteroatoms. The van der Waals surface area contributed by atoms with Crippen LogP contribution in [0, 0.1) is 0 Å². The Morgan fingerprint density at radius 2 is 1.57 bits per heavy atom. The maximum Gasteiger partial charge on any atom is 0.503 e. The summed E-state index contributed by atoms with van der Waals surface area (Å²) in [6, 6.07) is 7.97. The van der Waals surface area contributed by atoms with Gasteiger partial charge in [0.2, 0.25) is 0 Å². The van der Waals surface area contributed by atoms with E-state index in [1.807, 2.05) is 24.3 Å². The Balaban J connectivity index is 0.000000640. The fourth-order valence-corrected chi connectivity index (χ4v) is 5.13. The van der Waals surface area contributed by atoms with Crippen molar-refractivity contribution in [2.45, 2.75) is 62.0 Å². The molecule has 0 bridgehead atoms. The first kappa shape index (κ1) is 22.4. The minimum Gasteiger partial charge on any atom is -0.450 e. The summed E-state index contributed by atoms with van der Waals surface area (Å²) in [5, 5.41) is 20.7. The molecular weight excluding hydrogens is 380 g/mol. The van der Waals surface area contributed by atoms with Gasteiger partial charge >= 0.3 is 6.16 Å². The summed E-state index contributed by atoms with van der Waals surface area (Å²) in [6.07, 6.45) is 6.06. The molecule has 156 valence electrons. The van der Waals surface area contributed by atoms with Crippen molar-refractivity contribution < 1.29 is 24.0 Å². The predicted molar refractivity (Wildman–Crippen MR) is 109 cm³/mol. The van der Waals surface area contributed by atoms with E-state index in [-0.39, 0.29) is 5.91 Å². The Morgan fingerprint density at radius 1 is 1.00 bits per heavy atom. The Bertz CT molecular complexity index is 649. The fourth-order valence-electron chi connectivity index (χ4n) is 3.61. The molecule has 1 heterocycles. The van der Waals surface area contributed by atoms with Crippen molar-refractivity contribution in [2.24, 2.45) is 0 Å². The Morgan fingerprint density at radius 3 is 2.14 bits per heavy atom. The van der Waals surface area contributed by atoms with E-state index in [1.54, 1.807) is 0 Å². The van der Waals surface area contributed by atoms with Gasteiger partial charge in [-0.3, -0.25) is 9.00 Å². The fraction of sp³-hybridized carbons (Fsp3) is 0.600. The van der Waals surface area contributed by atoms with Crippen molar-refractivity contribution in [3.05, 3.63) is 35.4 Å². The third-order valence-corrected chi connectivity index (χ3v) is 6.96. The second-order valence-electron chi connectivity index (χ2n) is 7.26. The van der Waals surface area contributed by atoms with Gasteiger partial charge in [0, 0.05) is 33.4 Å². The molecule has 7 nitrogen and oxygen atoms in total. The van der Waals surface area contributed by atoms with E-state index in [9.17, 15) is 9.00 Å². The van der Waals surface area contributed by atoms with Crippen molar-refractivity contribution in [1.82, 2.24) is 10.6 Å². The van der Waals surface area contributed by atoms with E-state index in [0.717, 1.165) is 44.3 Å². The minimum atomic E-state index is -1.83. The summed E-state index contributed by atoms with van der Waals surface area (Å²) in [5.74, 6) is 0.614. The number of carbonyl (C=O) groups is 2. The van der Waals surface area contributed by atoms with Crippen LogP contribution < -0.4 is 10.6 Å². The predicted octanol–water partition coefficient (Wildman–Crippen LogP) is 2.97. The van der Waals surface area contributed by atoms with E-state index >= 15 is 0 Å². The van der Waals surface area contributed by atoms with Gasteiger partial charge in [0.25, 0.3) is 5.91 Å². The van der Waals surface area contributed by atoms with Crippen LogP contribution in [0.3, 0.4) is 0 Å². The number of hydrogen-bond acceptors (Lipinski definition) is 4. The molecule has 4 N–H and O–H groups in total. The van der Waals surface area contributed by atoms with Crippen molar-refractivity contribution in [3.63, 3.8) is 0 Å². The first-order valence-electron chi connectivity index (χ1n) is 9.85. The molecule has 28 heavy (non-hydrogen) atoms. The van der Waals surface area contributed by atoms with Crippen molar-refractivity contribution in [2.75, 3.05) is 13.1 Å². The van der Waals surface area contributed by atoms with Gasteiger partial charge in [0.05, 0.1) is 0 Å². The molecule has 3 rings (SSSR count). The highest BCUT2D eigenvalue weighted by atomic mass is 32.2. The van der Waals surface area contributed by atoms with Crippen LogP contribution in [0.25, 0.3) is 0 Å². The van der Waals surface area contributed by atoms with Gasteiger partial charge in [-0.25, -0.2) is 4.79 Å². The molecule has 1 aliphatic heterocycles. The number of carbonyl (C=O) groups excluding carboxylic acids is 1. The zero-order valence-corrected chi connectivity index (χ0v) is 16.9. The number of piperidine rings is 1. The summed E-state index contributed by atoms with van der Waals surface area (Å²) in [5.41, 5.74) is 1.76. The van der Waals surface area contributed by atoms with Crippen LogP contribution >= 0.6 is 0 Å². The van der Waals surface area contributed by atoms with Crippen molar-refractivity contribution in [1.29, 1.82) is 0 Å². The molecule has 1 amide bonds. The van der Waals surface area contributed by atoms with E-state index in [1.165, 1.54) is 19.3 Å². The number of carboxylic acid groups (broad SMARTS) is 2. The Labute approximate surface area is 168 Å². The molecule has 1 atom stereocenters. The molecule has 0 radical (unpaired) electrons. The zero-order valence-electron chi connectivity index (χ0n) is 16.1. The SMILES string of the molecule is O=C(NC1CCCCC1)c1ccc(CS(=O)C2CCNCC2)cc1.O=C(O)O. The average molecular weight is 411 g/mol. The van der Waals surface area contributed by atoms with Gasteiger partial charge in [-0.1, -0.05) is 31.4 Å². The van der Waals surface area contributed by atoms with Crippen LogP contribution in [-0.4, -0.2) is 50.9 Å². The van der Waals surface area contributed by atoms with Crippen LogP contribution in [0.1, 0.15) is 60.9 Å². The quantitative estimate of drug-likeness (QED) is 0.593. The summed E-state index contributed by atoms with van der Waals surface area (Å²) in [7, 11) is -0.821. The zero-order chi connectivity index (χ0) is 20.4. The molecule has 1 saturated heterocycles. The highest BCUT2D eigenvalue weighted by molar-refractivity contribution is 7.84. The van der Waals surface area contributed by atoms with E-state index in [2.05, 4.69) is 10.6 Å². The molecule has 1 aromatic rings. The maximum absolute atomic E-state index is 12.5. The highest BCUT2D eigenvalue weighted by Gasteiger charge is 2.20. The first-order chi connectivity index (χ1) is 13.5. The average Bonchev–Trinajstić information content (AvgIpc) is 2.69. The number of rotatable bonds is 5. The lowest BCUT2D eigenvalue weighted by molar-refractivity contribution is 0.0927. The van der Waals surface area contributed by atoms with Crippen molar-refractivity contribution in [3.8, 4) is 0 Å². The molecule has 1 aliphatic carbocycles. The van der Waals surface area contributed by atoms with Crippen LogP contribution in [-0.2, 0) is 16.6 Å². The standard InChI is InChI=1S/C19H28N2O2S.CH2O3/c22-19(21-17-4-2-1-3-5-17)16-8-6-15(7-9-16)14-24(23)18-10-12-20-13-11-18;2-1(3)4/h6-9,17-18,20H,1-5,10-14H2,(H,21,22);(H2,2,3,4). The third kappa shape index (κ3) is 7.98. The Hall–Kier alpha value is -1.93. The molecule has 0 spiro atoms. The second-order valence-corrected chi connectivity index (χ2v) is 8.98. The summed E-state index contributed by atoms with van der Waals surface area (Å²) in [6.45, 7) is 1.94. The molecule has 2 aliphatic rings. The number of hydrogen-bond donors (Lipinski definition) is 4. The van der Waals surface area contributed by atoms with Gasteiger partial charge in [-0.05, 0) is 56.5 Å². The summed E-state index contributed by atoms with van der Waals surface area (Å²) < 4.78 is 12.5. The molecule has 1 unspecified atom stereocenters. The second kappa shape index (κ2) is 11.8. The van der Waals surface area contributed by atoms with Crippen LogP contribution in [0.4, 0.5) is 4.79 Å². The minimum absolute atomic E-state index is 0.0212. The topological polar surface area (TPSA) is 116 Å². The number of benzene rings is 1. The lowest BCUT2D eigenvalue weighted by Gasteiger charge is -2.23. The first-order valence-corrected chi connectivity index (χ1v) is 11.2. The summed E-state index contributed by atoms with van der Waals surface area (Å²) in [4.78, 5) is 20.9. The monoisotopic (exact) mass is 410 g/mol. The van der Waals surface area contributed by atoms with E-state index in [4.69, 9.17) is 15.0 Å². The molecule has 1 aromatic carbocycles. The third-order valence-electron chi connectivity index (χ3n) is 5.12. The largest absolute Gasteiger partial charge is 0.503 e. The Kier molecular flexibility index (Phi) is 9.43. The van der Waals surface area contributed by atoms with Crippen LogP contribution in [0.15, 0.2) is 24.3 Å². The van der Waals surface area contributed by atoms with Crippen molar-refractivity contribution >= 4 is 22.9 Å². The van der Waals surface area contributed by atoms with Gasteiger partial charge in [0.15, 0.2) is 0 Å². The van der Waals surface area contributed by atoms with Gasteiger partial charge < -0.3 is 20.8 Å². The normalized spacial score (nSPS) is 19.1. The van der Waals surface area contributed by atoms with Gasteiger partial charge in [-0.2, -0.15) is 0 Å². The molecule has 1 saturated carbocycles. The molecule has 2 fully saturated rings. The lowest BCUT2D eigenvalue weighted by Crippen LogP contribution is -2.36.